The van der Waals surface area contributed by atoms with E-state index in [4.69, 9.17) is 23.2 Å². The lowest BCUT2D eigenvalue weighted by atomic mass is 10.1. The molecule has 216 valence electrons. The van der Waals surface area contributed by atoms with Gasteiger partial charge in [0.05, 0.1) is 5.25 Å². The van der Waals surface area contributed by atoms with Gasteiger partial charge in [0.1, 0.15) is 5.70 Å². The van der Waals surface area contributed by atoms with Crippen molar-refractivity contribution in [3.63, 3.8) is 0 Å². The number of H-pyrrole nitrogens is 1. The van der Waals surface area contributed by atoms with Crippen molar-refractivity contribution in [3.05, 3.63) is 130 Å². The Bertz CT molecular complexity index is 1820. The molecule has 7 nitrogen and oxygen atoms in total. The second-order valence-electron chi connectivity index (χ2n) is 9.56. The van der Waals surface area contributed by atoms with Crippen LogP contribution in [0.4, 0.5) is 11.4 Å². The SMILES string of the molecule is CC(Sc1cccc(NC(=O)/C(=C/c2c[nH]c3ccccc23)NC(=O)c2ccccc2)c1)C(=O)Nc1cc(Cl)cc(Cl)c1. The Morgan fingerprint density at radius 2 is 1.53 bits per heavy atom. The first-order valence-electron chi connectivity index (χ1n) is 13.2. The third-order valence-electron chi connectivity index (χ3n) is 6.35. The minimum absolute atomic E-state index is 0.0737. The molecule has 1 atom stereocenters. The molecule has 0 aliphatic rings. The molecule has 0 bridgehead atoms. The summed E-state index contributed by atoms with van der Waals surface area (Å²) in [7, 11) is 0. The molecule has 0 saturated heterocycles. The van der Waals surface area contributed by atoms with E-state index in [1.54, 1.807) is 79.9 Å². The highest BCUT2D eigenvalue weighted by Crippen LogP contribution is 2.28. The molecule has 3 amide bonds. The van der Waals surface area contributed by atoms with E-state index in [1.165, 1.54) is 11.8 Å². The number of carbonyl (C=O) groups excluding carboxylic acids is 3. The van der Waals surface area contributed by atoms with E-state index >= 15 is 0 Å². The van der Waals surface area contributed by atoms with Gasteiger partial charge in [-0.05, 0) is 67.6 Å². The molecule has 10 heteroatoms. The van der Waals surface area contributed by atoms with Gasteiger partial charge in [0.2, 0.25) is 5.91 Å². The smallest absolute Gasteiger partial charge is 0.272 e. The maximum absolute atomic E-state index is 13.5. The van der Waals surface area contributed by atoms with Gasteiger partial charge in [0.15, 0.2) is 0 Å². The topological polar surface area (TPSA) is 103 Å². The number of benzene rings is 4. The van der Waals surface area contributed by atoms with Crippen LogP contribution in [-0.2, 0) is 9.59 Å². The van der Waals surface area contributed by atoms with Crippen molar-refractivity contribution in [3.8, 4) is 0 Å². The summed E-state index contributed by atoms with van der Waals surface area (Å²) in [6.45, 7) is 1.78. The molecule has 4 aromatic carbocycles. The average molecular weight is 630 g/mol. The molecule has 0 fully saturated rings. The van der Waals surface area contributed by atoms with E-state index in [-0.39, 0.29) is 11.6 Å². The molecule has 0 aliphatic carbocycles. The maximum Gasteiger partial charge on any atom is 0.272 e. The number of anilines is 2. The van der Waals surface area contributed by atoms with Gasteiger partial charge in [0.25, 0.3) is 11.8 Å². The lowest BCUT2D eigenvalue weighted by Crippen LogP contribution is -2.30. The number of thioether (sulfide) groups is 1. The van der Waals surface area contributed by atoms with E-state index in [0.29, 0.717) is 27.0 Å². The van der Waals surface area contributed by atoms with E-state index in [9.17, 15) is 14.4 Å². The van der Waals surface area contributed by atoms with E-state index in [0.717, 1.165) is 21.4 Å². The standard InChI is InChI=1S/C33H26Cl2N4O3S/c1-20(31(40)38-26-16-23(34)15-24(35)17-26)43-27-11-7-10-25(18-27)37-33(42)30(39-32(41)21-8-3-2-4-9-21)14-22-19-36-29-13-6-5-12-28(22)29/h2-20,36H,1H3,(H,37,42)(H,38,40)(H,39,41)/b30-14-. The van der Waals surface area contributed by atoms with Gasteiger partial charge in [-0.15, -0.1) is 11.8 Å². The van der Waals surface area contributed by atoms with Crippen LogP contribution >= 0.6 is 35.0 Å². The fourth-order valence-corrected chi connectivity index (χ4v) is 5.74. The van der Waals surface area contributed by atoms with Crippen molar-refractivity contribution in [2.75, 3.05) is 10.6 Å². The zero-order chi connectivity index (χ0) is 30.3. The Morgan fingerprint density at radius 3 is 2.30 bits per heavy atom. The molecule has 1 unspecified atom stereocenters. The van der Waals surface area contributed by atoms with E-state index in [2.05, 4.69) is 20.9 Å². The van der Waals surface area contributed by atoms with Crippen molar-refractivity contribution in [2.45, 2.75) is 17.1 Å². The molecule has 5 rings (SSSR count). The molecule has 0 aliphatic heterocycles. The largest absolute Gasteiger partial charge is 0.361 e. The molecule has 4 N–H and O–H groups in total. The Labute approximate surface area is 262 Å². The van der Waals surface area contributed by atoms with Crippen LogP contribution in [0.2, 0.25) is 10.0 Å². The summed E-state index contributed by atoms with van der Waals surface area (Å²) in [5, 5.41) is 9.75. The number of aromatic amines is 1. The molecule has 0 radical (unpaired) electrons. The van der Waals surface area contributed by atoms with Crippen molar-refractivity contribution in [1.82, 2.24) is 10.3 Å². The van der Waals surface area contributed by atoms with E-state index in [1.807, 2.05) is 36.4 Å². The Hall–Kier alpha value is -4.50. The van der Waals surface area contributed by atoms with Crippen molar-refractivity contribution >= 4 is 81.0 Å². The Balaban J connectivity index is 1.33. The molecule has 1 heterocycles. The second-order valence-corrected chi connectivity index (χ2v) is 11.8. The number of halogens is 2. The van der Waals surface area contributed by atoms with Gasteiger partial charge < -0.3 is 20.9 Å². The number of hydrogen-bond acceptors (Lipinski definition) is 4. The van der Waals surface area contributed by atoms with Gasteiger partial charge in [-0.2, -0.15) is 0 Å². The first-order chi connectivity index (χ1) is 20.7. The summed E-state index contributed by atoms with van der Waals surface area (Å²) >= 11 is 13.4. The lowest BCUT2D eigenvalue weighted by Gasteiger charge is -2.14. The Kier molecular flexibility index (Phi) is 9.51. The first-order valence-corrected chi connectivity index (χ1v) is 14.9. The van der Waals surface area contributed by atoms with Crippen molar-refractivity contribution in [1.29, 1.82) is 0 Å². The highest BCUT2D eigenvalue weighted by molar-refractivity contribution is 8.00. The number of aromatic nitrogens is 1. The van der Waals surface area contributed by atoms with Gasteiger partial charge in [0, 0.05) is 54.5 Å². The predicted octanol–water partition coefficient (Wildman–Crippen LogP) is 8.00. The Morgan fingerprint density at radius 1 is 0.814 bits per heavy atom. The minimum atomic E-state index is -0.500. The fourth-order valence-electron chi connectivity index (χ4n) is 4.28. The third-order valence-corrected chi connectivity index (χ3v) is 7.88. The van der Waals surface area contributed by atoms with Crippen LogP contribution in [0.15, 0.2) is 114 Å². The van der Waals surface area contributed by atoms with Crippen LogP contribution < -0.4 is 16.0 Å². The number of carbonyl (C=O) groups is 3. The molecular formula is C33H26Cl2N4O3S. The zero-order valence-electron chi connectivity index (χ0n) is 22.9. The van der Waals surface area contributed by atoms with Gasteiger partial charge >= 0.3 is 0 Å². The minimum Gasteiger partial charge on any atom is -0.361 e. The number of amides is 3. The predicted molar refractivity (Wildman–Crippen MR) is 176 cm³/mol. The second kappa shape index (κ2) is 13.6. The zero-order valence-corrected chi connectivity index (χ0v) is 25.2. The highest BCUT2D eigenvalue weighted by atomic mass is 35.5. The molecule has 43 heavy (non-hydrogen) atoms. The quantitative estimate of drug-likeness (QED) is 0.0980. The molecule has 0 spiro atoms. The maximum atomic E-state index is 13.5. The normalized spacial score (nSPS) is 12.0. The fraction of sp³-hybridized carbons (Fsp3) is 0.0606. The van der Waals surface area contributed by atoms with Crippen LogP contribution in [0.25, 0.3) is 17.0 Å². The number of fused-ring (bicyclic) bond motifs is 1. The number of rotatable bonds is 9. The molecule has 0 saturated carbocycles. The van der Waals surface area contributed by atoms with Crippen LogP contribution in [-0.4, -0.2) is 28.0 Å². The van der Waals surface area contributed by atoms with Crippen LogP contribution in [0.3, 0.4) is 0 Å². The summed E-state index contributed by atoms with van der Waals surface area (Å²) in [4.78, 5) is 43.3. The van der Waals surface area contributed by atoms with Gasteiger partial charge in [-0.1, -0.05) is 65.7 Å². The number of nitrogens with one attached hydrogen (secondary N) is 4. The van der Waals surface area contributed by atoms with Crippen molar-refractivity contribution in [2.24, 2.45) is 0 Å². The van der Waals surface area contributed by atoms with Crippen LogP contribution in [0.5, 0.6) is 0 Å². The van der Waals surface area contributed by atoms with Crippen molar-refractivity contribution < 1.29 is 14.4 Å². The summed E-state index contributed by atoms with van der Waals surface area (Å²) in [6.07, 6.45) is 3.43. The molecular weight excluding hydrogens is 603 g/mol. The lowest BCUT2D eigenvalue weighted by molar-refractivity contribution is -0.115. The van der Waals surface area contributed by atoms with Gasteiger partial charge in [-0.3, -0.25) is 14.4 Å². The summed E-state index contributed by atoms with van der Waals surface area (Å²) in [6, 6.07) is 28.3. The summed E-state index contributed by atoms with van der Waals surface area (Å²) in [5.74, 6) is -1.14. The first kappa shape index (κ1) is 30.0. The van der Waals surface area contributed by atoms with Crippen LogP contribution in [0.1, 0.15) is 22.8 Å². The van der Waals surface area contributed by atoms with E-state index < -0.39 is 17.1 Å². The number of para-hydroxylation sites is 1. The summed E-state index contributed by atoms with van der Waals surface area (Å²) < 4.78 is 0. The number of hydrogen-bond donors (Lipinski definition) is 4. The van der Waals surface area contributed by atoms with Crippen LogP contribution in [0, 0.1) is 0 Å². The summed E-state index contributed by atoms with van der Waals surface area (Å²) in [5.41, 5.74) is 3.16. The molecule has 1 aromatic heterocycles. The van der Waals surface area contributed by atoms with Gasteiger partial charge in [-0.25, -0.2) is 0 Å². The third kappa shape index (κ3) is 7.87. The highest BCUT2D eigenvalue weighted by Gasteiger charge is 2.18. The monoisotopic (exact) mass is 628 g/mol. The average Bonchev–Trinajstić information content (AvgIpc) is 3.39. The molecule has 5 aromatic rings.